The summed E-state index contributed by atoms with van der Waals surface area (Å²) in [5.74, 6) is 3.07. The Morgan fingerprint density at radius 2 is 2.29 bits per heavy atom. The normalized spacial score (nSPS) is 21.6. The molecule has 0 aromatic carbocycles. The van der Waals surface area contributed by atoms with Gasteiger partial charge in [-0.05, 0) is 31.8 Å². The van der Waals surface area contributed by atoms with Crippen LogP contribution in [0.2, 0.25) is 5.02 Å². The number of carbonyl (C=O) groups is 1. The molecule has 1 aliphatic rings. The van der Waals surface area contributed by atoms with Gasteiger partial charge in [-0.2, -0.15) is 5.10 Å². The summed E-state index contributed by atoms with van der Waals surface area (Å²) < 4.78 is 1.71. The molecule has 1 saturated carbocycles. The zero-order valence-electron chi connectivity index (χ0n) is 12.3. The fourth-order valence-corrected chi connectivity index (χ4v) is 3.06. The first kappa shape index (κ1) is 15.7. The van der Waals surface area contributed by atoms with Crippen molar-refractivity contribution in [3.05, 3.63) is 29.6 Å². The van der Waals surface area contributed by atoms with Gasteiger partial charge in [0.25, 0.3) is 0 Å². The average molecular weight is 306 g/mol. The van der Waals surface area contributed by atoms with Crippen LogP contribution in [0.15, 0.2) is 18.9 Å². The molecule has 0 aliphatic heterocycles. The molecular weight excluding hydrogens is 286 g/mol. The highest BCUT2D eigenvalue weighted by atomic mass is 35.5. The summed E-state index contributed by atoms with van der Waals surface area (Å²) in [6.07, 6.45) is 12.2. The predicted molar refractivity (Wildman–Crippen MR) is 83.5 cm³/mol. The molecule has 0 saturated heterocycles. The van der Waals surface area contributed by atoms with Gasteiger partial charge in [0, 0.05) is 19.0 Å². The molecule has 0 atom stereocenters. The minimum Gasteiger partial charge on any atom is -0.330 e. The number of halogens is 1. The average Bonchev–Trinajstić information content (AvgIpc) is 2.83. The molecule has 5 heteroatoms. The van der Waals surface area contributed by atoms with Gasteiger partial charge in [0.2, 0.25) is 5.91 Å². The molecule has 1 fully saturated rings. The molecule has 1 heterocycles. The van der Waals surface area contributed by atoms with Crippen molar-refractivity contribution in [2.24, 2.45) is 13.0 Å². The number of carbonyl (C=O) groups excluding carboxylic acids is 1. The second-order valence-electron chi connectivity index (χ2n) is 5.41. The van der Waals surface area contributed by atoms with E-state index in [1.165, 1.54) is 6.08 Å². The van der Waals surface area contributed by atoms with E-state index in [4.69, 9.17) is 18.0 Å². The smallest absolute Gasteiger partial charge is 0.246 e. The third-order valence-corrected chi connectivity index (χ3v) is 4.48. The molecular formula is C16H20ClN3O. The lowest BCUT2D eigenvalue weighted by atomic mass is 9.85. The minimum absolute atomic E-state index is 0.0728. The van der Waals surface area contributed by atoms with Crippen molar-refractivity contribution in [3.63, 3.8) is 0 Å². The molecule has 1 aromatic heterocycles. The SMILES string of the molecule is C#CC1CCC(N(Cc2c(Cl)cnn2C)C(=O)C=C)CC1. The van der Waals surface area contributed by atoms with Crippen molar-refractivity contribution in [3.8, 4) is 12.3 Å². The van der Waals surface area contributed by atoms with Gasteiger partial charge in [-0.3, -0.25) is 9.48 Å². The van der Waals surface area contributed by atoms with Crippen molar-refractivity contribution in [1.29, 1.82) is 0 Å². The molecule has 0 N–H and O–H groups in total. The van der Waals surface area contributed by atoms with Gasteiger partial charge in [-0.25, -0.2) is 0 Å². The molecule has 0 unspecified atom stereocenters. The lowest BCUT2D eigenvalue weighted by Gasteiger charge is -2.35. The number of hydrogen-bond acceptors (Lipinski definition) is 2. The number of amides is 1. The summed E-state index contributed by atoms with van der Waals surface area (Å²) in [6, 6.07) is 0.186. The summed E-state index contributed by atoms with van der Waals surface area (Å²) in [5, 5.41) is 4.70. The predicted octanol–water partition coefficient (Wildman–Crippen LogP) is 2.78. The Bertz CT molecular complexity index is 545. The quantitative estimate of drug-likeness (QED) is 0.634. The third kappa shape index (κ3) is 3.48. The number of hydrogen-bond donors (Lipinski definition) is 0. The van der Waals surface area contributed by atoms with Gasteiger partial charge in [0.15, 0.2) is 0 Å². The molecule has 1 aliphatic carbocycles. The summed E-state index contributed by atoms with van der Waals surface area (Å²) in [5.41, 5.74) is 0.839. The van der Waals surface area contributed by atoms with Gasteiger partial charge < -0.3 is 4.90 Å². The highest BCUT2D eigenvalue weighted by Gasteiger charge is 2.28. The van der Waals surface area contributed by atoms with Crippen LogP contribution in [0.25, 0.3) is 0 Å². The zero-order chi connectivity index (χ0) is 15.4. The third-order valence-electron chi connectivity index (χ3n) is 4.16. The molecule has 0 spiro atoms. The van der Waals surface area contributed by atoms with Crippen LogP contribution in [0.5, 0.6) is 0 Å². The fraction of sp³-hybridized carbons (Fsp3) is 0.500. The zero-order valence-corrected chi connectivity index (χ0v) is 13.0. The summed E-state index contributed by atoms with van der Waals surface area (Å²) in [6.45, 7) is 4.05. The Kier molecular flexibility index (Phi) is 5.08. The summed E-state index contributed by atoms with van der Waals surface area (Å²) in [4.78, 5) is 14.0. The van der Waals surface area contributed by atoms with Crippen LogP contribution in [-0.2, 0) is 18.4 Å². The van der Waals surface area contributed by atoms with Gasteiger partial charge in [0.05, 0.1) is 23.5 Å². The number of terminal acetylenes is 1. The fourth-order valence-electron chi connectivity index (χ4n) is 2.83. The van der Waals surface area contributed by atoms with Gasteiger partial charge in [0.1, 0.15) is 0 Å². The van der Waals surface area contributed by atoms with Gasteiger partial charge >= 0.3 is 0 Å². The van der Waals surface area contributed by atoms with Crippen LogP contribution in [0.3, 0.4) is 0 Å². The van der Waals surface area contributed by atoms with Gasteiger partial charge in [-0.1, -0.05) is 18.2 Å². The monoisotopic (exact) mass is 305 g/mol. The molecule has 1 aromatic rings. The van der Waals surface area contributed by atoms with E-state index < -0.39 is 0 Å². The number of nitrogens with zero attached hydrogens (tertiary/aromatic N) is 3. The number of rotatable bonds is 4. The largest absolute Gasteiger partial charge is 0.330 e. The van der Waals surface area contributed by atoms with E-state index in [0.29, 0.717) is 17.5 Å². The van der Waals surface area contributed by atoms with E-state index in [1.807, 2.05) is 11.9 Å². The summed E-state index contributed by atoms with van der Waals surface area (Å²) in [7, 11) is 1.83. The van der Waals surface area contributed by atoms with Crippen molar-refractivity contribution in [2.75, 3.05) is 0 Å². The Morgan fingerprint density at radius 3 is 2.76 bits per heavy atom. The summed E-state index contributed by atoms with van der Waals surface area (Å²) >= 11 is 6.15. The molecule has 2 rings (SSSR count). The Morgan fingerprint density at radius 1 is 1.62 bits per heavy atom. The molecule has 0 radical (unpaired) electrons. The van der Waals surface area contributed by atoms with E-state index in [2.05, 4.69) is 17.6 Å². The van der Waals surface area contributed by atoms with Crippen LogP contribution in [-0.4, -0.2) is 26.6 Å². The van der Waals surface area contributed by atoms with Crippen LogP contribution < -0.4 is 0 Å². The van der Waals surface area contributed by atoms with Crippen molar-refractivity contribution in [2.45, 2.75) is 38.3 Å². The van der Waals surface area contributed by atoms with E-state index in [-0.39, 0.29) is 11.9 Å². The highest BCUT2D eigenvalue weighted by Crippen LogP contribution is 2.29. The van der Waals surface area contributed by atoms with E-state index in [0.717, 1.165) is 31.4 Å². The number of aromatic nitrogens is 2. The molecule has 21 heavy (non-hydrogen) atoms. The second-order valence-corrected chi connectivity index (χ2v) is 5.81. The van der Waals surface area contributed by atoms with Crippen molar-refractivity contribution < 1.29 is 4.79 Å². The van der Waals surface area contributed by atoms with E-state index in [9.17, 15) is 4.79 Å². The van der Waals surface area contributed by atoms with Crippen LogP contribution >= 0.6 is 11.6 Å². The van der Waals surface area contributed by atoms with Crippen LogP contribution in [0.4, 0.5) is 0 Å². The molecule has 1 amide bonds. The van der Waals surface area contributed by atoms with Gasteiger partial charge in [-0.15, -0.1) is 12.3 Å². The molecule has 4 nitrogen and oxygen atoms in total. The Hall–Kier alpha value is -1.73. The number of aryl methyl sites for hydroxylation is 1. The minimum atomic E-state index is -0.0728. The lowest BCUT2D eigenvalue weighted by molar-refractivity contribution is -0.129. The van der Waals surface area contributed by atoms with Crippen LogP contribution in [0.1, 0.15) is 31.4 Å². The van der Waals surface area contributed by atoms with Crippen molar-refractivity contribution >= 4 is 17.5 Å². The second kappa shape index (κ2) is 6.82. The first-order valence-electron chi connectivity index (χ1n) is 7.12. The van der Waals surface area contributed by atoms with Crippen molar-refractivity contribution in [1.82, 2.24) is 14.7 Å². The maximum absolute atomic E-state index is 12.2. The Labute approximate surface area is 130 Å². The maximum atomic E-state index is 12.2. The highest BCUT2D eigenvalue weighted by molar-refractivity contribution is 6.31. The molecule has 0 bridgehead atoms. The first-order valence-corrected chi connectivity index (χ1v) is 7.50. The topological polar surface area (TPSA) is 38.1 Å². The molecule has 112 valence electrons. The van der Waals surface area contributed by atoms with E-state index >= 15 is 0 Å². The van der Waals surface area contributed by atoms with E-state index in [1.54, 1.807) is 10.9 Å². The van der Waals surface area contributed by atoms with Crippen LogP contribution in [0, 0.1) is 18.3 Å². The lowest BCUT2D eigenvalue weighted by Crippen LogP contribution is -2.41. The standard InChI is InChI=1S/C16H20ClN3O/c1-4-12-6-8-13(9-7-12)20(16(21)5-2)11-15-14(17)10-18-19(15)3/h1,5,10,12-13H,2,6-9,11H2,3H3. The first-order chi connectivity index (χ1) is 10.1. The maximum Gasteiger partial charge on any atom is 0.246 e. The Balaban J connectivity index is 2.14.